The maximum Gasteiger partial charge on any atom is 0.346 e. The van der Waals surface area contributed by atoms with Crippen LogP contribution in [0.15, 0.2) is 11.5 Å². The second-order valence-electron chi connectivity index (χ2n) is 5.75. The Kier molecular flexibility index (Phi) is 5.74. The van der Waals surface area contributed by atoms with Gasteiger partial charge >= 0.3 is 6.03 Å². The number of rotatable bonds is 5. The molecule has 0 bridgehead atoms. The number of hydrogen-bond acceptors (Lipinski definition) is 5. The lowest BCUT2D eigenvalue weighted by Gasteiger charge is -2.30. The van der Waals surface area contributed by atoms with Gasteiger partial charge in [0.15, 0.2) is 0 Å². The highest BCUT2D eigenvalue weighted by atomic mass is 32.2. The summed E-state index contributed by atoms with van der Waals surface area (Å²) in [6.07, 6.45) is 6.55. The van der Waals surface area contributed by atoms with E-state index >= 15 is 0 Å². The van der Waals surface area contributed by atoms with E-state index in [4.69, 9.17) is 0 Å². The average Bonchev–Trinajstić information content (AvgIpc) is 3.06. The molecule has 0 radical (unpaired) electrons. The molecule has 0 N–H and O–H groups in total. The van der Waals surface area contributed by atoms with Crippen LogP contribution < -0.4 is 0 Å². The second kappa shape index (κ2) is 7.39. The van der Waals surface area contributed by atoms with Crippen LogP contribution in [-0.4, -0.2) is 64.6 Å². The van der Waals surface area contributed by atoms with Gasteiger partial charge in [0.05, 0.1) is 0 Å². The van der Waals surface area contributed by atoms with E-state index in [-0.39, 0.29) is 17.2 Å². The van der Waals surface area contributed by atoms with Crippen LogP contribution in [0.4, 0.5) is 4.79 Å². The number of sulfonamides is 1. The van der Waals surface area contributed by atoms with E-state index < -0.39 is 10.0 Å². The highest BCUT2D eigenvalue weighted by molar-refractivity contribution is 7.88. The van der Waals surface area contributed by atoms with Crippen molar-refractivity contribution in [3.8, 4) is 0 Å². The highest BCUT2D eigenvalue weighted by Crippen LogP contribution is 2.22. The molecule has 1 saturated carbocycles. The number of amides is 1. The number of carbonyl (C=O) groups excluding carboxylic acids is 1. The van der Waals surface area contributed by atoms with Crippen molar-refractivity contribution in [2.75, 3.05) is 20.1 Å². The van der Waals surface area contributed by atoms with Crippen molar-refractivity contribution in [3.05, 3.63) is 6.33 Å². The van der Waals surface area contributed by atoms with Gasteiger partial charge in [-0.3, -0.25) is 0 Å². The molecule has 1 heterocycles. The zero-order chi connectivity index (χ0) is 17.0. The minimum Gasteiger partial charge on any atom is -0.323 e. The predicted octanol–water partition coefficient (Wildman–Crippen LogP) is 1.54. The number of aromatic nitrogens is 3. The van der Waals surface area contributed by atoms with E-state index in [1.807, 2.05) is 0 Å². The summed E-state index contributed by atoms with van der Waals surface area (Å²) < 4.78 is 27.0. The van der Waals surface area contributed by atoms with Crippen molar-refractivity contribution in [1.29, 1.82) is 0 Å². The first-order valence-electron chi connectivity index (χ1n) is 8.10. The summed E-state index contributed by atoms with van der Waals surface area (Å²) in [5.41, 5.74) is 0. The van der Waals surface area contributed by atoms with Crippen molar-refractivity contribution in [2.45, 2.75) is 57.1 Å². The van der Waals surface area contributed by atoms with Crippen molar-refractivity contribution in [2.24, 2.45) is 0 Å². The van der Waals surface area contributed by atoms with Gasteiger partial charge in [-0.15, -0.1) is 5.10 Å². The van der Waals surface area contributed by atoms with Crippen LogP contribution in [0, 0.1) is 0 Å². The lowest BCUT2D eigenvalue weighted by molar-refractivity contribution is 0.172. The Morgan fingerprint density at radius 3 is 2.43 bits per heavy atom. The molecule has 130 valence electrons. The third kappa shape index (κ3) is 3.72. The summed E-state index contributed by atoms with van der Waals surface area (Å²) in [6.45, 7) is 4.17. The largest absolute Gasteiger partial charge is 0.346 e. The number of carbonyl (C=O) groups is 1. The molecule has 9 heteroatoms. The molecule has 8 nitrogen and oxygen atoms in total. The van der Waals surface area contributed by atoms with Crippen molar-refractivity contribution >= 4 is 16.1 Å². The average molecular weight is 343 g/mol. The van der Waals surface area contributed by atoms with Crippen molar-refractivity contribution < 1.29 is 13.2 Å². The molecule has 0 aromatic carbocycles. The van der Waals surface area contributed by atoms with E-state index in [1.165, 1.54) is 17.1 Å². The minimum atomic E-state index is -3.74. The Balaban J connectivity index is 2.16. The fourth-order valence-corrected chi connectivity index (χ4v) is 4.21. The van der Waals surface area contributed by atoms with E-state index in [2.05, 4.69) is 10.1 Å². The fraction of sp³-hybridized carbons (Fsp3) is 0.786. The summed E-state index contributed by atoms with van der Waals surface area (Å²) in [5.74, 6) is 0. The molecule has 0 saturated heterocycles. The van der Waals surface area contributed by atoms with Gasteiger partial charge < -0.3 is 4.90 Å². The fourth-order valence-electron chi connectivity index (χ4n) is 2.92. The van der Waals surface area contributed by atoms with Crippen LogP contribution in [0.5, 0.6) is 0 Å². The van der Waals surface area contributed by atoms with E-state index in [0.29, 0.717) is 13.1 Å². The first kappa shape index (κ1) is 17.9. The zero-order valence-electron chi connectivity index (χ0n) is 14.0. The normalized spacial score (nSPS) is 16.7. The van der Waals surface area contributed by atoms with E-state index in [1.54, 1.807) is 25.8 Å². The summed E-state index contributed by atoms with van der Waals surface area (Å²) in [5, 5.41) is 3.57. The maximum absolute atomic E-state index is 12.5. The van der Waals surface area contributed by atoms with Crippen LogP contribution in [0.1, 0.15) is 46.0 Å². The Morgan fingerprint density at radius 1 is 1.26 bits per heavy atom. The summed E-state index contributed by atoms with van der Waals surface area (Å²) in [4.78, 5) is 17.9. The van der Waals surface area contributed by atoms with Crippen LogP contribution in [0.25, 0.3) is 0 Å². The van der Waals surface area contributed by atoms with Gasteiger partial charge in [0.2, 0.25) is 0 Å². The molecule has 1 aromatic rings. The summed E-state index contributed by atoms with van der Waals surface area (Å²) in [7, 11) is -2.01. The van der Waals surface area contributed by atoms with E-state index in [9.17, 15) is 13.2 Å². The molecule has 0 atom stereocenters. The molecule has 1 aliphatic rings. The molecule has 0 unspecified atom stereocenters. The number of hydrogen-bond donors (Lipinski definition) is 0. The molecule has 0 aliphatic heterocycles. The van der Waals surface area contributed by atoms with Crippen LogP contribution in [-0.2, 0) is 10.0 Å². The van der Waals surface area contributed by atoms with Crippen molar-refractivity contribution in [3.63, 3.8) is 0 Å². The molecule has 1 fully saturated rings. The Morgan fingerprint density at radius 2 is 1.87 bits per heavy atom. The van der Waals surface area contributed by atoms with Crippen LogP contribution >= 0.6 is 0 Å². The smallest absolute Gasteiger partial charge is 0.323 e. The quantitative estimate of drug-likeness (QED) is 0.809. The molecule has 1 amide bonds. The summed E-state index contributed by atoms with van der Waals surface area (Å²) >= 11 is 0. The first-order valence-corrected chi connectivity index (χ1v) is 9.54. The third-order valence-corrected chi connectivity index (χ3v) is 6.21. The van der Waals surface area contributed by atoms with Gasteiger partial charge in [0.1, 0.15) is 6.33 Å². The van der Waals surface area contributed by atoms with Gasteiger partial charge in [0.25, 0.3) is 15.2 Å². The lowest BCUT2D eigenvalue weighted by atomic mass is 9.95. The zero-order valence-corrected chi connectivity index (χ0v) is 14.8. The van der Waals surface area contributed by atoms with Gasteiger partial charge in [-0.2, -0.15) is 8.99 Å². The van der Waals surface area contributed by atoms with Gasteiger partial charge in [-0.05, 0) is 12.8 Å². The third-order valence-electron chi connectivity index (χ3n) is 4.37. The summed E-state index contributed by atoms with van der Waals surface area (Å²) in [6, 6.07) is -0.159. The van der Waals surface area contributed by atoms with Gasteiger partial charge in [-0.25, -0.2) is 18.2 Å². The second-order valence-corrected chi connectivity index (χ2v) is 7.58. The lowest BCUT2D eigenvalue weighted by Crippen LogP contribution is -2.41. The Hall–Kier alpha value is -1.48. The van der Waals surface area contributed by atoms with E-state index in [0.717, 1.165) is 30.4 Å². The van der Waals surface area contributed by atoms with Crippen LogP contribution in [0.2, 0.25) is 0 Å². The highest BCUT2D eigenvalue weighted by Gasteiger charge is 2.29. The first-order chi connectivity index (χ1) is 10.9. The molecule has 23 heavy (non-hydrogen) atoms. The van der Waals surface area contributed by atoms with Gasteiger partial charge in [-0.1, -0.05) is 33.1 Å². The minimum absolute atomic E-state index is 0.184. The molecule has 1 aliphatic carbocycles. The Bertz CT molecular complexity index is 633. The SMILES string of the molecule is CCN(CC)S(=O)(=O)c1ncn(C(=O)N(C)C2CCCCC2)n1. The number of nitrogens with zero attached hydrogens (tertiary/aromatic N) is 5. The van der Waals surface area contributed by atoms with Gasteiger partial charge in [0, 0.05) is 26.2 Å². The monoisotopic (exact) mass is 343 g/mol. The maximum atomic E-state index is 12.5. The topological polar surface area (TPSA) is 88.4 Å². The molecular formula is C14H25N5O3S. The molecule has 2 rings (SSSR count). The predicted molar refractivity (Wildman–Crippen MR) is 85.6 cm³/mol. The molecule has 0 spiro atoms. The Labute approximate surface area is 137 Å². The standard InChI is InChI=1S/C14H25N5O3S/c1-4-18(5-2)23(21,22)13-15-11-19(16-13)14(20)17(3)12-9-7-6-8-10-12/h11-12H,4-10H2,1-3H3. The molecule has 1 aromatic heterocycles. The van der Waals surface area contributed by atoms with Crippen LogP contribution in [0.3, 0.4) is 0 Å². The van der Waals surface area contributed by atoms with Crippen molar-refractivity contribution in [1.82, 2.24) is 24.0 Å². The molecular weight excluding hydrogens is 318 g/mol.